The topological polar surface area (TPSA) is 37.4 Å². The number of aromatic nitrogens is 1. The highest BCUT2D eigenvalue weighted by atomic mass is 16.5. The molecule has 1 saturated heterocycles. The molecule has 1 aliphatic heterocycles. The Morgan fingerprint density at radius 1 is 1.50 bits per heavy atom. The second kappa shape index (κ2) is 5.16. The van der Waals surface area contributed by atoms with Gasteiger partial charge in [-0.25, -0.2) is 0 Å². The second-order valence-electron chi connectivity index (χ2n) is 4.16. The highest BCUT2D eigenvalue weighted by Crippen LogP contribution is 2.22. The Hall–Kier alpha value is -1.29. The molecule has 16 heavy (non-hydrogen) atoms. The molecule has 4 nitrogen and oxygen atoms in total. The molecule has 0 amide bonds. The second-order valence-corrected chi connectivity index (χ2v) is 4.16. The first-order valence-electron chi connectivity index (χ1n) is 5.74. The van der Waals surface area contributed by atoms with Gasteiger partial charge in [-0.15, -0.1) is 0 Å². The van der Waals surface area contributed by atoms with Crippen molar-refractivity contribution in [3.05, 3.63) is 18.5 Å². The fourth-order valence-electron chi connectivity index (χ4n) is 2.14. The lowest BCUT2D eigenvalue weighted by Gasteiger charge is -2.34. The number of pyridine rings is 1. The van der Waals surface area contributed by atoms with Gasteiger partial charge in [0.2, 0.25) is 0 Å². The Morgan fingerprint density at radius 3 is 3.12 bits per heavy atom. The van der Waals surface area contributed by atoms with E-state index < -0.39 is 0 Å². The first-order chi connectivity index (χ1) is 7.83. The van der Waals surface area contributed by atoms with Crippen LogP contribution in [0.3, 0.4) is 0 Å². The molecule has 0 saturated carbocycles. The van der Waals surface area contributed by atoms with Crippen LogP contribution in [0.25, 0.3) is 0 Å². The van der Waals surface area contributed by atoms with E-state index in [4.69, 9.17) is 4.74 Å². The minimum absolute atomic E-state index is 0.583. The van der Waals surface area contributed by atoms with E-state index in [9.17, 15) is 0 Å². The van der Waals surface area contributed by atoms with E-state index in [1.54, 1.807) is 13.3 Å². The Morgan fingerprint density at radius 2 is 2.38 bits per heavy atom. The predicted octanol–water partition coefficient (Wildman–Crippen LogP) is 1.28. The smallest absolute Gasteiger partial charge is 0.139 e. The molecule has 1 N–H and O–H groups in total. The summed E-state index contributed by atoms with van der Waals surface area (Å²) in [6.07, 6.45) is 6.12. The molecule has 1 fully saturated rings. The van der Waals surface area contributed by atoms with Crippen LogP contribution in [0.5, 0.6) is 5.75 Å². The maximum absolute atomic E-state index is 5.19. The molecule has 0 aliphatic carbocycles. The molecule has 4 heteroatoms. The molecule has 0 spiro atoms. The Bertz CT molecular complexity index is 343. The average molecular weight is 221 g/mol. The SMILES string of the molecule is CN[C@@H]1CCCN(c2cncc(OC)c2)C1. The summed E-state index contributed by atoms with van der Waals surface area (Å²) in [5.74, 6) is 0.823. The molecule has 2 rings (SSSR count). The van der Waals surface area contributed by atoms with Gasteiger partial charge in [-0.1, -0.05) is 0 Å². The van der Waals surface area contributed by atoms with Crippen LogP contribution in [-0.2, 0) is 0 Å². The van der Waals surface area contributed by atoms with Gasteiger partial charge in [-0.3, -0.25) is 4.98 Å². The number of rotatable bonds is 3. The molecule has 1 atom stereocenters. The maximum atomic E-state index is 5.19. The molecule has 0 aromatic carbocycles. The van der Waals surface area contributed by atoms with Gasteiger partial charge in [-0.05, 0) is 19.9 Å². The summed E-state index contributed by atoms with van der Waals surface area (Å²) in [6, 6.07) is 2.63. The Labute approximate surface area is 96.6 Å². The predicted molar refractivity (Wildman–Crippen MR) is 65.1 cm³/mol. The highest BCUT2D eigenvalue weighted by Gasteiger charge is 2.18. The average Bonchev–Trinajstić information content (AvgIpc) is 2.39. The van der Waals surface area contributed by atoms with E-state index in [2.05, 4.69) is 15.2 Å². The molecule has 1 aliphatic rings. The zero-order valence-corrected chi connectivity index (χ0v) is 9.94. The number of likely N-dealkylation sites (N-methyl/N-ethyl adjacent to an activating group) is 1. The van der Waals surface area contributed by atoms with Crippen molar-refractivity contribution in [1.82, 2.24) is 10.3 Å². The van der Waals surface area contributed by atoms with Gasteiger partial charge in [0.05, 0.1) is 25.2 Å². The number of nitrogens with one attached hydrogen (secondary N) is 1. The third-order valence-corrected chi connectivity index (χ3v) is 3.13. The van der Waals surface area contributed by atoms with Crippen molar-refractivity contribution in [2.24, 2.45) is 0 Å². The summed E-state index contributed by atoms with van der Waals surface area (Å²) in [4.78, 5) is 6.56. The van der Waals surface area contributed by atoms with Crippen molar-refractivity contribution in [3.8, 4) is 5.75 Å². The zero-order valence-electron chi connectivity index (χ0n) is 9.94. The third kappa shape index (κ3) is 2.44. The standard InChI is InChI=1S/C12H19N3O/c1-13-10-4-3-5-15(9-10)11-6-12(16-2)8-14-7-11/h6-8,10,13H,3-5,9H2,1-2H3/t10-/m1/s1. The van der Waals surface area contributed by atoms with Crippen LogP contribution in [-0.4, -0.2) is 38.3 Å². The summed E-state index contributed by atoms with van der Waals surface area (Å²) in [5.41, 5.74) is 1.15. The Balaban J connectivity index is 2.10. The molecule has 2 heterocycles. The minimum atomic E-state index is 0.583. The molecule has 1 aromatic heterocycles. The monoisotopic (exact) mass is 221 g/mol. The number of hydrogen-bond acceptors (Lipinski definition) is 4. The quantitative estimate of drug-likeness (QED) is 0.834. The van der Waals surface area contributed by atoms with Gasteiger partial charge in [0.1, 0.15) is 5.75 Å². The molecule has 88 valence electrons. The van der Waals surface area contributed by atoms with Crippen LogP contribution < -0.4 is 15.0 Å². The van der Waals surface area contributed by atoms with Crippen LogP contribution in [0.1, 0.15) is 12.8 Å². The lowest BCUT2D eigenvalue weighted by atomic mass is 10.1. The molecule has 0 unspecified atom stereocenters. The van der Waals surface area contributed by atoms with E-state index in [-0.39, 0.29) is 0 Å². The molecule has 1 aromatic rings. The van der Waals surface area contributed by atoms with Crippen molar-refractivity contribution < 1.29 is 4.74 Å². The van der Waals surface area contributed by atoms with Gasteiger partial charge in [-0.2, -0.15) is 0 Å². The first-order valence-corrected chi connectivity index (χ1v) is 5.74. The number of methoxy groups -OCH3 is 1. The van der Waals surface area contributed by atoms with Crippen LogP contribution >= 0.6 is 0 Å². The van der Waals surface area contributed by atoms with Crippen molar-refractivity contribution in [3.63, 3.8) is 0 Å². The van der Waals surface area contributed by atoms with Crippen molar-refractivity contribution in [1.29, 1.82) is 0 Å². The van der Waals surface area contributed by atoms with E-state index in [0.29, 0.717) is 6.04 Å². The summed E-state index contributed by atoms with van der Waals surface area (Å²) < 4.78 is 5.19. The number of hydrogen-bond donors (Lipinski definition) is 1. The van der Waals surface area contributed by atoms with Crippen LogP contribution in [0.2, 0.25) is 0 Å². The van der Waals surface area contributed by atoms with Crippen LogP contribution in [0, 0.1) is 0 Å². The fourth-order valence-corrected chi connectivity index (χ4v) is 2.14. The van der Waals surface area contributed by atoms with E-state index in [0.717, 1.165) is 24.5 Å². The highest BCUT2D eigenvalue weighted by molar-refractivity contribution is 5.48. The maximum Gasteiger partial charge on any atom is 0.139 e. The van der Waals surface area contributed by atoms with E-state index >= 15 is 0 Å². The van der Waals surface area contributed by atoms with Crippen molar-refractivity contribution in [2.45, 2.75) is 18.9 Å². The first kappa shape index (κ1) is 11.2. The zero-order chi connectivity index (χ0) is 11.4. The number of anilines is 1. The van der Waals surface area contributed by atoms with Crippen molar-refractivity contribution in [2.75, 3.05) is 32.1 Å². The largest absolute Gasteiger partial charge is 0.495 e. The summed E-state index contributed by atoms with van der Waals surface area (Å²) in [6.45, 7) is 2.15. The minimum Gasteiger partial charge on any atom is -0.495 e. The van der Waals surface area contributed by atoms with Gasteiger partial charge in [0.25, 0.3) is 0 Å². The Kier molecular flexibility index (Phi) is 3.62. The van der Waals surface area contributed by atoms with Gasteiger partial charge >= 0.3 is 0 Å². The molecule has 0 bridgehead atoms. The normalized spacial score (nSPS) is 20.9. The fraction of sp³-hybridized carbons (Fsp3) is 0.583. The molecular formula is C12H19N3O. The summed E-state index contributed by atoms with van der Waals surface area (Å²) in [7, 11) is 3.70. The molecular weight excluding hydrogens is 202 g/mol. The number of nitrogens with zero attached hydrogens (tertiary/aromatic N) is 2. The van der Waals surface area contributed by atoms with Crippen LogP contribution in [0.4, 0.5) is 5.69 Å². The van der Waals surface area contributed by atoms with E-state index in [1.807, 2.05) is 19.3 Å². The summed E-state index contributed by atoms with van der Waals surface area (Å²) in [5, 5.41) is 3.34. The van der Waals surface area contributed by atoms with Crippen molar-refractivity contribution >= 4 is 5.69 Å². The number of piperidine rings is 1. The number of ether oxygens (including phenoxy) is 1. The lowest BCUT2D eigenvalue weighted by Crippen LogP contribution is -2.44. The van der Waals surface area contributed by atoms with Gasteiger partial charge in [0.15, 0.2) is 0 Å². The van der Waals surface area contributed by atoms with Crippen LogP contribution in [0.15, 0.2) is 18.5 Å². The molecule has 0 radical (unpaired) electrons. The van der Waals surface area contributed by atoms with E-state index in [1.165, 1.54) is 12.8 Å². The van der Waals surface area contributed by atoms with Gasteiger partial charge < -0.3 is 15.0 Å². The third-order valence-electron chi connectivity index (χ3n) is 3.13. The lowest BCUT2D eigenvalue weighted by molar-refractivity contribution is 0.411. The summed E-state index contributed by atoms with van der Waals surface area (Å²) >= 11 is 0. The van der Waals surface area contributed by atoms with Gasteiger partial charge in [0, 0.05) is 25.2 Å².